The fraction of sp³-hybridized carbons (Fsp3) is 0.217. The third-order valence-corrected chi connectivity index (χ3v) is 5.21. The van der Waals surface area contributed by atoms with Crippen LogP contribution < -0.4 is 0 Å². The Balaban J connectivity index is 1.36. The second kappa shape index (κ2) is 8.47. The third-order valence-electron chi connectivity index (χ3n) is 4.99. The van der Waals surface area contributed by atoms with Gasteiger partial charge in [-0.15, -0.1) is 0 Å². The van der Waals surface area contributed by atoms with E-state index in [-0.39, 0.29) is 0 Å². The smallest absolute Gasteiger partial charge is 0.129 e. The summed E-state index contributed by atoms with van der Waals surface area (Å²) in [5, 5.41) is 0.560. The monoisotopic (exact) mass is 375 g/mol. The molecule has 0 aliphatic carbocycles. The maximum atomic E-state index is 6.02. The Morgan fingerprint density at radius 1 is 0.963 bits per heavy atom. The summed E-state index contributed by atoms with van der Waals surface area (Å²) in [5.74, 6) is 0. The highest BCUT2D eigenvalue weighted by Crippen LogP contribution is 2.23. The Kier molecular flexibility index (Phi) is 5.61. The SMILES string of the molecule is Clc1cccc(C2=CCN(CCc3cccc(-c4ccncc4)c3)CC2)n1. The van der Waals surface area contributed by atoms with Crippen molar-refractivity contribution >= 4 is 17.2 Å². The van der Waals surface area contributed by atoms with Crippen LogP contribution in [0, 0.1) is 0 Å². The van der Waals surface area contributed by atoms with Gasteiger partial charge in [-0.2, -0.15) is 0 Å². The lowest BCUT2D eigenvalue weighted by molar-refractivity contribution is 0.305. The molecule has 1 aromatic carbocycles. The van der Waals surface area contributed by atoms with Crippen LogP contribution in [0.15, 0.2) is 73.1 Å². The van der Waals surface area contributed by atoms with Crippen LogP contribution in [0.5, 0.6) is 0 Å². The molecule has 0 N–H and O–H groups in total. The summed E-state index contributed by atoms with van der Waals surface area (Å²) in [5.41, 5.74) is 6.14. The van der Waals surface area contributed by atoms with Crippen molar-refractivity contribution in [1.82, 2.24) is 14.9 Å². The van der Waals surface area contributed by atoms with Crippen molar-refractivity contribution in [3.63, 3.8) is 0 Å². The molecule has 0 fully saturated rings. The molecule has 0 saturated carbocycles. The zero-order chi connectivity index (χ0) is 18.5. The highest BCUT2D eigenvalue weighted by atomic mass is 35.5. The molecule has 1 aliphatic rings. The molecular formula is C23H22ClN3. The molecule has 4 rings (SSSR count). The molecule has 2 aromatic heterocycles. The van der Waals surface area contributed by atoms with Crippen LogP contribution in [0.25, 0.3) is 16.7 Å². The standard InChI is InChI=1S/C23H22ClN3/c24-23-6-2-5-22(26-23)20-10-15-27(16-11-20)14-9-18-3-1-4-21(17-18)19-7-12-25-13-8-19/h1-8,10,12-13,17H,9,11,14-16H2. The summed E-state index contributed by atoms with van der Waals surface area (Å²) in [6.07, 6.45) is 8.04. The Morgan fingerprint density at radius 3 is 2.59 bits per heavy atom. The van der Waals surface area contributed by atoms with E-state index in [9.17, 15) is 0 Å². The van der Waals surface area contributed by atoms with Gasteiger partial charge in [0.1, 0.15) is 5.15 Å². The van der Waals surface area contributed by atoms with Crippen molar-refractivity contribution in [2.75, 3.05) is 19.6 Å². The normalized spacial score (nSPS) is 14.8. The first-order valence-electron chi connectivity index (χ1n) is 9.31. The number of halogens is 1. The van der Waals surface area contributed by atoms with Gasteiger partial charge in [-0.05, 0) is 59.4 Å². The molecule has 27 heavy (non-hydrogen) atoms. The van der Waals surface area contributed by atoms with Crippen LogP contribution in [0.2, 0.25) is 5.15 Å². The summed E-state index contributed by atoms with van der Waals surface area (Å²) in [4.78, 5) is 11.0. The Bertz CT molecular complexity index is 937. The second-order valence-electron chi connectivity index (χ2n) is 6.81. The van der Waals surface area contributed by atoms with E-state index in [0.717, 1.165) is 38.2 Å². The second-order valence-corrected chi connectivity index (χ2v) is 7.20. The van der Waals surface area contributed by atoms with Crippen molar-refractivity contribution < 1.29 is 0 Å². The van der Waals surface area contributed by atoms with Gasteiger partial charge >= 0.3 is 0 Å². The lowest BCUT2D eigenvalue weighted by atomic mass is 10.0. The van der Waals surface area contributed by atoms with Gasteiger partial charge in [0.25, 0.3) is 0 Å². The molecule has 4 heteroatoms. The number of nitrogens with zero attached hydrogens (tertiary/aromatic N) is 3. The first-order chi connectivity index (χ1) is 13.3. The van der Waals surface area contributed by atoms with Crippen molar-refractivity contribution in [1.29, 1.82) is 0 Å². The first-order valence-corrected chi connectivity index (χ1v) is 9.69. The predicted octanol–water partition coefficient (Wildman–Crippen LogP) is 5.13. The van der Waals surface area contributed by atoms with Crippen molar-refractivity contribution in [3.8, 4) is 11.1 Å². The number of benzene rings is 1. The minimum atomic E-state index is 0.560. The lowest BCUT2D eigenvalue weighted by Gasteiger charge is -2.26. The van der Waals surface area contributed by atoms with Gasteiger partial charge < -0.3 is 0 Å². The van der Waals surface area contributed by atoms with E-state index in [0.29, 0.717) is 5.15 Å². The minimum absolute atomic E-state index is 0.560. The topological polar surface area (TPSA) is 29.0 Å². The predicted molar refractivity (Wildman–Crippen MR) is 112 cm³/mol. The lowest BCUT2D eigenvalue weighted by Crippen LogP contribution is -2.30. The molecule has 0 spiro atoms. The first kappa shape index (κ1) is 17.9. The van der Waals surface area contributed by atoms with Crippen LogP contribution in [0.3, 0.4) is 0 Å². The third kappa shape index (κ3) is 4.62. The van der Waals surface area contributed by atoms with E-state index in [1.165, 1.54) is 22.3 Å². The van der Waals surface area contributed by atoms with Gasteiger partial charge in [0.05, 0.1) is 5.69 Å². The molecule has 3 heterocycles. The maximum absolute atomic E-state index is 6.02. The Labute approximate surface area is 165 Å². The van der Waals surface area contributed by atoms with E-state index in [4.69, 9.17) is 11.6 Å². The van der Waals surface area contributed by atoms with Crippen molar-refractivity contribution in [2.45, 2.75) is 12.8 Å². The molecular weight excluding hydrogens is 354 g/mol. The van der Waals surface area contributed by atoms with Crippen LogP contribution in [-0.4, -0.2) is 34.5 Å². The molecule has 1 aliphatic heterocycles. The fourth-order valence-electron chi connectivity index (χ4n) is 3.47. The number of hydrogen-bond acceptors (Lipinski definition) is 3. The fourth-order valence-corrected chi connectivity index (χ4v) is 3.64. The summed E-state index contributed by atoms with van der Waals surface area (Å²) in [6.45, 7) is 3.09. The number of pyridine rings is 2. The average Bonchev–Trinajstić information content (AvgIpc) is 2.73. The van der Waals surface area contributed by atoms with Gasteiger partial charge in [-0.1, -0.05) is 48.0 Å². The summed E-state index contributed by atoms with van der Waals surface area (Å²) in [6, 6.07) is 18.7. The van der Waals surface area contributed by atoms with Gasteiger partial charge in [0.15, 0.2) is 0 Å². The van der Waals surface area contributed by atoms with Gasteiger partial charge in [0, 0.05) is 32.0 Å². The quantitative estimate of drug-likeness (QED) is 0.579. The van der Waals surface area contributed by atoms with Crippen molar-refractivity contribution in [3.05, 3.63) is 89.5 Å². The van der Waals surface area contributed by atoms with Crippen LogP contribution in [0.1, 0.15) is 17.7 Å². The van der Waals surface area contributed by atoms with Crippen LogP contribution in [-0.2, 0) is 6.42 Å². The van der Waals surface area contributed by atoms with E-state index in [2.05, 4.69) is 57.3 Å². The molecule has 136 valence electrons. The summed E-state index contributed by atoms with van der Waals surface area (Å²) < 4.78 is 0. The molecule has 3 aromatic rings. The van der Waals surface area contributed by atoms with E-state index in [1.54, 1.807) is 0 Å². The molecule has 0 amide bonds. The molecule has 0 radical (unpaired) electrons. The average molecular weight is 376 g/mol. The largest absolute Gasteiger partial charge is 0.299 e. The summed E-state index contributed by atoms with van der Waals surface area (Å²) >= 11 is 6.02. The van der Waals surface area contributed by atoms with Crippen molar-refractivity contribution in [2.24, 2.45) is 0 Å². The zero-order valence-electron chi connectivity index (χ0n) is 15.2. The van der Waals surface area contributed by atoms with E-state index >= 15 is 0 Å². The van der Waals surface area contributed by atoms with Gasteiger partial charge in [-0.3, -0.25) is 9.88 Å². The Morgan fingerprint density at radius 2 is 1.81 bits per heavy atom. The van der Waals surface area contributed by atoms with Gasteiger partial charge in [-0.25, -0.2) is 4.98 Å². The summed E-state index contributed by atoms with van der Waals surface area (Å²) in [7, 11) is 0. The highest BCUT2D eigenvalue weighted by molar-refractivity contribution is 6.29. The molecule has 0 bridgehead atoms. The Hall–Kier alpha value is -2.49. The number of hydrogen-bond donors (Lipinski definition) is 0. The number of aromatic nitrogens is 2. The van der Waals surface area contributed by atoms with Crippen LogP contribution >= 0.6 is 11.6 Å². The molecule has 0 saturated heterocycles. The maximum Gasteiger partial charge on any atom is 0.129 e. The zero-order valence-corrected chi connectivity index (χ0v) is 15.9. The van der Waals surface area contributed by atoms with Crippen LogP contribution in [0.4, 0.5) is 0 Å². The van der Waals surface area contributed by atoms with E-state index in [1.807, 2.05) is 30.6 Å². The van der Waals surface area contributed by atoms with Gasteiger partial charge in [0.2, 0.25) is 0 Å². The molecule has 0 atom stereocenters. The molecule has 0 unspecified atom stereocenters. The minimum Gasteiger partial charge on any atom is -0.299 e. The van der Waals surface area contributed by atoms with E-state index < -0.39 is 0 Å². The molecule has 3 nitrogen and oxygen atoms in total. The highest BCUT2D eigenvalue weighted by Gasteiger charge is 2.14. The number of rotatable bonds is 5.